The molecule has 8 heteroatoms. The van der Waals surface area contributed by atoms with Gasteiger partial charge in [0.1, 0.15) is 18.9 Å². The highest BCUT2D eigenvalue weighted by molar-refractivity contribution is 6.32. The number of hydrogen-bond acceptors (Lipinski definition) is 5. The van der Waals surface area contributed by atoms with Crippen LogP contribution in [0.4, 0.5) is 0 Å². The van der Waals surface area contributed by atoms with E-state index >= 15 is 0 Å². The third kappa shape index (κ3) is 4.89. The van der Waals surface area contributed by atoms with Crippen LogP contribution in [0.25, 0.3) is 10.8 Å². The molecule has 2 aromatic carbocycles. The van der Waals surface area contributed by atoms with Gasteiger partial charge in [0.15, 0.2) is 0 Å². The van der Waals surface area contributed by atoms with E-state index in [9.17, 15) is 9.59 Å². The first-order valence-corrected chi connectivity index (χ1v) is 10.7. The van der Waals surface area contributed by atoms with Gasteiger partial charge in [-0.2, -0.15) is 5.10 Å². The molecule has 0 unspecified atom stereocenters. The number of amides is 1. The summed E-state index contributed by atoms with van der Waals surface area (Å²) < 4.78 is 7.03. The number of nitrogens with zero attached hydrogens (tertiary/aromatic N) is 4. The summed E-state index contributed by atoms with van der Waals surface area (Å²) in [5, 5.41) is 6.36. The van der Waals surface area contributed by atoms with Crippen LogP contribution in [0.15, 0.2) is 53.3 Å². The Labute approximate surface area is 185 Å². The summed E-state index contributed by atoms with van der Waals surface area (Å²) in [6.45, 7) is 5.86. The number of piperazine rings is 1. The minimum absolute atomic E-state index is 0.0415. The van der Waals surface area contributed by atoms with Crippen LogP contribution in [0.5, 0.6) is 5.75 Å². The molecule has 1 amide bonds. The van der Waals surface area contributed by atoms with Crippen LogP contribution in [0.1, 0.15) is 5.69 Å². The monoisotopic (exact) mass is 440 g/mol. The Hall–Kier alpha value is -2.90. The van der Waals surface area contributed by atoms with Crippen LogP contribution in [0.3, 0.4) is 0 Å². The molecule has 0 spiro atoms. The molecule has 1 saturated heterocycles. The second kappa shape index (κ2) is 9.49. The molecule has 0 aliphatic carbocycles. The number of halogens is 1. The highest BCUT2D eigenvalue weighted by Crippen LogP contribution is 2.23. The van der Waals surface area contributed by atoms with Gasteiger partial charge in [-0.3, -0.25) is 14.5 Å². The van der Waals surface area contributed by atoms with Gasteiger partial charge in [-0.25, -0.2) is 4.68 Å². The summed E-state index contributed by atoms with van der Waals surface area (Å²) in [4.78, 5) is 29.5. The molecule has 1 aliphatic rings. The number of ether oxygens (including phenoxy) is 1. The molecule has 1 aliphatic heterocycles. The summed E-state index contributed by atoms with van der Waals surface area (Å²) in [5.41, 5.74) is 0.510. The average Bonchev–Trinajstić information content (AvgIpc) is 2.79. The molecule has 1 fully saturated rings. The number of fused-ring (bicyclic) bond motifs is 1. The fraction of sp³-hybridized carbons (Fsp3) is 0.348. The lowest BCUT2D eigenvalue weighted by Gasteiger charge is -2.34. The largest absolute Gasteiger partial charge is 0.491 e. The molecule has 0 saturated carbocycles. The van der Waals surface area contributed by atoms with Gasteiger partial charge in [0.2, 0.25) is 5.91 Å². The van der Waals surface area contributed by atoms with Crippen LogP contribution in [-0.4, -0.2) is 64.8 Å². The molecule has 0 radical (unpaired) electrons. The van der Waals surface area contributed by atoms with E-state index in [0.29, 0.717) is 35.9 Å². The molecule has 2 heterocycles. The quantitative estimate of drug-likeness (QED) is 0.589. The topological polar surface area (TPSA) is 67.7 Å². The van der Waals surface area contributed by atoms with Crippen molar-refractivity contribution in [3.8, 4) is 5.75 Å². The highest BCUT2D eigenvalue weighted by atomic mass is 35.5. The Kier molecular flexibility index (Phi) is 6.53. The Morgan fingerprint density at radius 2 is 1.71 bits per heavy atom. The van der Waals surface area contributed by atoms with Gasteiger partial charge in [0.25, 0.3) is 5.56 Å². The van der Waals surface area contributed by atoms with Gasteiger partial charge in [0, 0.05) is 38.1 Å². The Morgan fingerprint density at radius 3 is 2.45 bits per heavy atom. The summed E-state index contributed by atoms with van der Waals surface area (Å²) in [6, 6.07) is 14.8. The first kappa shape index (κ1) is 21.3. The van der Waals surface area contributed by atoms with Gasteiger partial charge in [-0.15, -0.1) is 0 Å². The highest BCUT2D eigenvalue weighted by Gasteiger charge is 2.22. The zero-order valence-corrected chi connectivity index (χ0v) is 18.2. The van der Waals surface area contributed by atoms with E-state index in [-0.39, 0.29) is 18.0 Å². The fourth-order valence-electron chi connectivity index (χ4n) is 3.81. The number of aromatic nitrogens is 2. The summed E-state index contributed by atoms with van der Waals surface area (Å²) >= 11 is 6.11. The fourth-order valence-corrected chi connectivity index (χ4v) is 4.00. The number of carbonyl (C=O) groups is 1. The molecule has 31 heavy (non-hydrogen) atoms. The minimum Gasteiger partial charge on any atom is -0.491 e. The average molecular weight is 441 g/mol. The molecule has 4 rings (SSSR count). The van der Waals surface area contributed by atoms with Crippen molar-refractivity contribution in [2.45, 2.75) is 13.5 Å². The third-order valence-electron chi connectivity index (χ3n) is 5.56. The van der Waals surface area contributed by atoms with Crippen molar-refractivity contribution in [1.29, 1.82) is 0 Å². The van der Waals surface area contributed by atoms with E-state index in [2.05, 4.69) is 10.00 Å². The Morgan fingerprint density at radius 1 is 1.03 bits per heavy atom. The van der Waals surface area contributed by atoms with Crippen molar-refractivity contribution >= 4 is 28.3 Å². The lowest BCUT2D eigenvalue weighted by molar-refractivity contribution is -0.133. The predicted molar refractivity (Wildman–Crippen MR) is 121 cm³/mol. The number of carbonyl (C=O) groups excluding carboxylic acids is 1. The van der Waals surface area contributed by atoms with E-state index in [0.717, 1.165) is 30.7 Å². The number of rotatable bonds is 6. The number of benzene rings is 2. The molecule has 7 nitrogen and oxygen atoms in total. The van der Waals surface area contributed by atoms with Crippen molar-refractivity contribution in [1.82, 2.24) is 19.6 Å². The lowest BCUT2D eigenvalue weighted by Crippen LogP contribution is -2.50. The maximum absolute atomic E-state index is 12.8. The van der Waals surface area contributed by atoms with E-state index in [1.54, 1.807) is 17.0 Å². The third-order valence-corrected chi connectivity index (χ3v) is 5.88. The van der Waals surface area contributed by atoms with Crippen LogP contribution < -0.4 is 10.3 Å². The first-order valence-electron chi connectivity index (χ1n) is 10.4. The second-order valence-corrected chi connectivity index (χ2v) is 8.00. The standard InChI is InChI=1S/C23H25ClN4O3/c1-17-18-6-2-3-7-19(18)23(30)28(25-17)16-22(29)27-12-10-26(11-13-27)14-15-31-21-9-5-4-8-20(21)24/h2-9H,10-16H2,1H3. The van der Waals surface area contributed by atoms with Crippen molar-refractivity contribution in [2.24, 2.45) is 0 Å². The maximum Gasteiger partial charge on any atom is 0.275 e. The van der Waals surface area contributed by atoms with Gasteiger partial charge in [0.05, 0.1) is 16.1 Å². The van der Waals surface area contributed by atoms with Gasteiger partial charge in [-0.1, -0.05) is 41.9 Å². The van der Waals surface area contributed by atoms with Crippen LogP contribution >= 0.6 is 11.6 Å². The van der Waals surface area contributed by atoms with Crippen molar-refractivity contribution in [3.05, 3.63) is 69.6 Å². The molecule has 3 aromatic rings. The molecular weight excluding hydrogens is 416 g/mol. The molecule has 162 valence electrons. The minimum atomic E-state index is -0.232. The van der Waals surface area contributed by atoms with Crippen LogP contribution in [-0.2, 0) is 11.3 Å². The molecular formula is C23H25ClN4O3. The van der Waals surface area contributed by atoms with E-state index < -0.39 is 0 Å². The SMILES string of the molecule is Cc1nn(CC(=O)N2CCN(CCOc3ccccc3Cl)CC2)c(=O)c2ccccc12. The lowest BCUT2D eigenvalue weighted by atomic mass is 10.1. The molecule has 0 bridgehead atoms. The van der Waals surface area contributed by atoms with Crippen molar-refractivity contribution in [3.63, 3.8) is 0 Å². The van der Waals surface area contributed by atoms with Gasteiger partial charge >= 0.3 is 0 Å². The van der Waals surface area contributed by atoms with Gasteiger partial charge in [-0.05, 0) is 25.1 Å². The normalized spacial score (nSPS) is 14.7. The maximum atomic E-state index is 12.8. The van der Waals surface area contributed by atoms with Crippen LogP contribution in [0, 0.1) is 6.92 Å². The predicted octanol–water partition coefficient (Wildman–Crippen LogP) is 2.58. The van der Waals surface area contributed by atoms with Crippen molar-refractivity contribution in [2.75, 3.05) is 39.3 Å². The molecule has 0 N–H and O–H groups in total. The second-order valence-electron chi connectivity index (χ2n) is 7.60. The van der Waals surface area contributed by atoms with E-state index in [1.165, 1.54) is 4.68 Å². The first-order chi connectivity index (χ1) is 15.0. The Bertz CT molecular complexity index is 1140. The number of aryl methyl sites for hydroxylation is 1. The number of para-hydroxylation sites is 1. The van der Waals surface area contributed by atoms with Crippen LogP contribution in [0.2, 0.25) is 5.02 Å². The summed E-state index contributed by atoms with van der Waals surface area (Å²) in [6.07, 6.45) is 0. The molecule has 0 atom stereocenters. The smallest absolute Gasteiger partial charge is 0.275 e. The molecule has 1 aromatic heterocycles. The zero-order valence-electron chi connectivity index (χ0n) is 17.5. The Balaban J connectivity index is 1.30. The van der Waals surface area contributed by atoms with E-state index in [4.69, 9.17) is 16.3 Å². The van der Waals surface area contributed by atoms with E-state index in [1.807, 2.05) is 43.3 Å². The summed E-state index contributed by atoms with van der Waals surface area (Å²) in [5.74, 6) is 0.595. The number of hydrogen-bond donors (Lipinski definition) is 0. The zero-order chi connectivity index (χ0) is 21.8. The van der Waals surface area contributed by atoms with Gasteiger partial charge < -0.3 is 9.64 Å². The summed E-state index contributed by atoms with van der Waals surface area (Å²) in [7, 11) is 0. The van der Waals surface area contributed by atoms with Crippen molar-refractivity contribution < 1.29 is 9.53 Å².